The standard InChI is InChI=1S/C19H26O6.C2H6/c1-12(8-9-13-6-4-3-5-7-13)17(22)25-15-11-19(2,18(23)24)10-14(20)16(15)21;1-2/h3-7,12,14-16,20-21H,8-11H2,1-2H3,(H,23,24);1-2H3. The highest BCUT2D eigenvalue weighted by Gasteiger charge is 2.48. The first-order chi connectivity index (χ1) is 12.7. The van der Waals surface area contributed by atoms with Crippen molar-refractivity contribution in [1.29, 1.82) is 0 Å². The predicted molar refractivity (Wildman–Crippen MR) is 102 cm³/mol. The number of hydrogen-bond acceptors (Lipinski definition) is 5. The van der Waals surface area contributed by atoms with Crippen LogP contribution < -0.4 is 0 Å². The lowest BCUT2D eigenvalue weighted by Crippen LogP contribution is -2.52. The van der Waals surface area contributed by atoms with Gasteiger partial charge in [0.15, 0.2) is 0 Å². The number of carbonyl (C=O) groups excluding carboxylic acids is 1. The third-order valence-corrected chi connectivity index (χ3v) is 4.98. The van der Waals surface area contributed by atoms with Crippen LogP contribution in [0.2, 0.25) is 0 Å². The van der Waals surface area contributed by atoms with Crippen LogP contribution in [0, 0.1) is 11.3 Å². The minimum absolute atomic E-state index is 0.0162. The van der Waals surface area contributed by atoms with Crippen LogP contribution in [-0.2, 0) is 20.7 Å². The average Bonchev–Trinajstić information content (AvgIpc) is 2.66. The highest BCUT2D eigenvalue weighted by Crippen LogP contribution is 2.38. The zero-order valence-corrected chi connectivity index (χ0v) is 16.6. The molecule has 0 saturated heterocycles. The van der Waals surface area contributed by atoms with Crippen molar-refractivity contribution in [2.24, 2.45) is 11.3 Å². The Balaban J connectivity index is 0.00000176. The number of aryl methyl sites for hydroxylation is 1. The van der Waals surface area contributed by atoms with Crippen LogP contribution >= 0.6 is 0 Å². The van der Waals surface area contributed by atoms with Crippen molar-refractivity contribution >= 4 is 11.9 Å². The molecule has 0 bridgehead atoms. The molecule has 6 nitrogen and oxygen atoms in total. The van der Waals surface area contributed by atoms with E-state index in [1.54, 1.807) is 6.92 Å². The van der Waals surface area contributed by atoms with Crippen LogP contribution in [0.25, 0.3) is 0 Å². The second-order valence-corrected chi connectivity index (χ2v) is 7.23. The fraction of sp³-hybridized carbons (Fsp3) is 0.619. The molecule has 1 aliphatic carbocycles. The SMILES string of the molecule is CC.CC(CCc1ccccc1)C(=O)OC1CC(C)(C(=O)O)CC(O)C1O. The minimum atomic E-state index is -1.27. The first-order valence-electron chi connectivity index (χ1n) is 9.57. The largest absolute Gasteiger partial charge is 0.481 e. The third-order valence-electron chi connectivity index (χ3n) is 4.98. The van der Waals surface area contributed by atoms with E-state index < -0.39 is 35.7 Å². The number of aliphatic hydroxyl groups excluding tert-OH is 2. The molecule has 1 fully saturated rings. The molecule has 0 aromatic heterocycles. The third kappa shape index (κ3) is 6.33. The van der Waals surface area contributed by atoms with E-state index in [0.29, 0.717) is 6.42 Å². The first kappa shape index (κ1) is 23.1. The van der Waals surface area contributed by atoms with E-state index in [9.17, 15) is 24.9 Å². The zero-order chi connectivity index (χ0) is 20.6. The van der Waals surface area contributed by atoms with Gasteiger partial charge < -0.3 is 20.1 Å². The van der Waals surface area contributed by atoms with Crippen molar-refractivity contribution in [2.75, 3.05) is 0 Å². The lowest BCUT2D eigenvalue weighted by Gasteiger charge is -2.40. The molecule has 0 heterocycles. The summed E-state index contributed by atoms with van der Waals surface area (Å²) in [4.78, 5) is 23.7. The van der Waals surface area contributed by atoms with E-state index in [-0.39, 0.29) is 18.8 Å². The second kappa shape index (κ2) is 10.4. The quantitative estimate of drug-likeness (QED) is 0.656. The summed E-state index contributed by atoms with van der Waals surface area (Å²) in [5, 5.41) is 29.3. The Morgan fingerprint density at radius 2 is 1.78 bits per heavy atom. The number of ether oxygens (including phenoxy) is 1. The summed E-state index contributed by atoms with van der Waals surface area (Å²) in [6, 6.07) is 9.77. The highest BCUT2D eigenvalue weighted by atomic mass is 16.6. The molecular formula is C21H32O6. The van der Waals surface area contributed by atoms with Crippen LogP contribution in [-0.4, -0.2) is 45.6 Å². The summed E-state index contributed by atoms with van der Waals surface area (Å²) in [6.45, 7) is 7.23. The number of esters is 1. The Morgan fingerprint density at radius 1 is 1.19 bits per heavy atom. The summed E-state index contributed by atoms with van der Waals surface area (Å²) in [5.41, 5.74) is -0.106. The minimum Gasteiger partial charge on any atom is -0.481 e. The van der Waals surface area contributed by atoms with Gasteiger partial charge in [-0.05, 0) is 31.7 Å². The second-order valence-electron chi connectivity index (χ2n) is 7.23. The molecule has 5 unspecified atom stereocenters. The molecule has 5 atom stereocenters. The van der Waals surface area contributed by atoms with Crippen LogP contribution in [0.4, 0.5) is 0 Å². The molecule has 27 heavy (non-hydrogen) atoms. The fourth-order valence-corrected chi connectivity index (χ4v) is 3.18. The molecule has 1 aliphatic rings. The molecule has 3 N–H and O–H groups in total. The molecule has 0 amide bonds. The molecule has 0 radical (unpaired) electrons. The van der Waals surface area contributed by atoms with Crippen LogP contribution in [0.5, 0.6) is 0 Å². The van der Waals surface area contributed by atoms with Crippen LogP contribution in [0.1, 0.15) is 52.5 Å². The number of carboxylic acid groups (broad SMARTS) is 1. The first-order valence-corrected chi connectivity index (χ1v) is 9.57. The predicted octanol–water partition coefficient (Wildman–Crippen LogP) is 2.80. The van der Waals surface area contributed by atoms with Crippen molar-refractivity contribution in [3.8, 4) is 0 Å². The van der Waals surface area contributed by atoms with Crippen LogP contribution in [0.3, 0.4) is 0 Å². The normalized spacial score (nSPS) is 28.4. The molecule has 2 rings (SSSR count). The number of aliphatic carboxylic acids is 1. The number of aliphatic hydroxyl groups is 2. The van der Waals surface area contributed by atoms with Gasteiger partial charge in [-0.15, -0.1) is 0 Å². The maximum absolute atomic E-state index is 12.3. The summed E-state index contributed by atoms with van der Waals surface area (Å²) in [7, 11) is 0. The lowest BCUT2D eigenvalue weighted by molar-refractivity contribution is -0.185. The molecule has 152 valence electrons. The van der Waals surface area contributed by atoms with Crippen molar-refractivity contribution in [3.05, 3.63) is 35.9 Å². The monoisotopic (exact) mass is 380 g/mol. The van der Waals surface area contributed by atoms with E-state index in [2.05, 4.69) is 0 Å². The maximum Gasteiger partial charge on any atom is 0.309 e. The van der Waals surface area contributed by atoms with Gasteiger partial charge in [0.05, 0.1) is 17.4 Å². The van der Waals surface area contributed by atoms with Gasteiger partial charge in [0.25, 0.3) is 0 Å². The highest BCUT2D eigenvalue weighted by molar-refractivity contribution is 5.75. The van der Waals surface area contributed by atoms with E-state index in [4.69, 9.17) is 4.74 Å². The zero-order valence-electron chi connectivity index (χ0n) is 16.6. The number of benzene rings is 1. The van der Waals surface area contributed by atoms with E-state index >= 15 is 0 Å². The Hall–Kier alpha value is -1.92. The van der Waals surface area contributed by atoms with Gasteiger partial charge in [0.2, 0.25) is 0 Å². The maximum atomic E-state index is 12.3. The Bertz CT molecular complexity index is 602. The number of carbonyl (C=O) groups is 2. The van der Waals surface area contributed by atoms with E-state index in [0.717, 1.165) is 12.0 Å². The van der Waals surface area contributed by atoms with Gasteiger partial charge in [0, 0.05) is 6.42 Å². The number of rotatable bonds is 6. The van der Waals surface area contributed by atoms with Gasteiger partial charge in [-0.1, -0.05) is 51.1 Å². The molecule has 1 aromatic carbocycles. The Morgan fingerprint density at radius 3 is 2.33 bits per heavy atom. The smallest absolute Gasteiger partial charge is 0.309 e. The van der Waals surface area contributed by atoms with Gasteiger partial charge in [-0.2, -0.15) is 0 Å². The topological polar surface area (TPSA) is 104 Å². The fourth-order valence-electron chi connectivity index (χ4n) is 3.18. The molecular weight excluding hydrogens is 348 g/mol. The van der Waals surface area contributed by atoms with Crippen molar-refractivity contribution in [3.63, 3.8) is 0 Å². The van der Waals surface area contributed by atoms with E-state index in [1.807, 2.05) is 44.2 Å². The molecule has 1 saturated carbocycles. The summed E-state index contributed by atoms with van der Waals surface area (Å²) in [5.74, 6) is -1.94. The van der Waals surface area contributed by atoms with Crippen molar-refractivity contribution in [2.45, 2.75) is 71.7 Å². The Kier molecular flexibility index (Phi) is 8.93. The van der Waals surface area contributed by atoms with Gasteiger partial charge >= 0.3 is 11.9 Å². The van der Waals surface area contributed by atoms with Gasteiger partial charge in [0.1, 0.15) is 12.2 Å². The lowest BCUT2D eigenvalue weighted by atomic mass is 9.72. The van der Waals surface area contributed by atoms with Crippen molar-refractivity contribution < 1.29 is 29.6 Å². The summed E-state index contributed by atoms with van der Waals surface area (Å²) < 4.78 is 5.36. The molecule has 1 aromatic rings. The molecule has 6 heteroatoms. The van der Waals surface area contributed by atoms with Gasteiger partial charge in [-0.25, -0.2) is 0 Å². The van der Waals surface area contributed by atoms with Crippen molar-refractivity contribution in [1.82, 2.24) is 0 Å². The average molecular weight is 380 g/mol. The van der Waals surface area contributed by atoms with E-state index in [1.165, 1.54) is 6.92 Å². The Labute approximate surface area is 161 Å². The van der Waals surface area contributed by atoms with Gasteiger partial charge in [-0.3, -0.25) is 9.59 Å². The molecule has 0 spiro atoms. The van der Waals surface area contributed by atoms with Crippen LogP contribution in [0.15, 0.2) is 30.3 Å². The number of hydrogen-bond donors (Lipinski definition) is 3. The summed E-state index contributed by atoms with van der Waals surface area (Å²) >= 11 is 0. The number of carboxylic acids is 1. The summed E-state index contributed by atoms with van der Waals surface area (Å²) in [6.07, 6.45) is -2.29. The molecule has 0 aliphatic heterocycles.